The molecule has 7 heteroatoms. The molecule has 4 nitrogen and oxygen atoms in total. The Kier molecular flexibility index (Phi) is 5.61. The van der Waals surface area contributed by atoms with Gasteiger partial charge in [-0.25, -0.2) is 0 Å². The number of aliphatic carboxylic acids is 1. The van der Waals surface area contributed by atoms with Crippen LogP contribution in [0.25, 0.3) is 0 Å². The molecule has 0 spiro atoms. The highest BCUT2D eigenvalue weighted by Crippen LogP contribution is 2.35. The van der Waals surface area contributed by atoms with Crippen molar-refractivity contribution in [2.45, 2.75) is 38.3 Å². The predicted octanol–water partition coefficient (Wildman–Crippen LogP) is 1.78. The molecule has 1 aliphatic rings. The highest BCUT2D eigenvalue weighted by atomic mass is 19.4. The van der Waals surface area contributed by atoms with E-state index < -0.39 is 30.0 Å². The monoisotopic (exact) mass is 283 g/mol. The minimum absolute atomic E-state index is 0.0796. The van der Waals surface area contributed by atoms with E-state index >= 15 is 0 Å². The van der Waals surface area contributed by atoms with Crippen molar-refractivity contribution in [3.8, 4) is 0 Å². The lowest BCUT2D eigenvalue weighted by Gasteiger charge is -2.36. The first kappa shape index (κ1) is 16.2. The van der Waals surface area contributed by atoms with Gasteiger partial charge in [-0.15, -0.1) is 0 Å². The Bertz CT molecular complexity index is 301. The summed E-state index contributed by atoms with van der Waals surface area (Å²) in [6.45, 7) is -0.506. The molecule has 0 aliphatic heterocycles. The van der Waals surface area contributed by atoms with Crippen LogP contribution in [-0.2, 0) is 4.79 Å². The van der Waals surface area contributed by atoms with E-state index in [1.807, 2.05) is 0 Å². The van der Waals surface area contributed by atoms with Gasteiger partial charge >= 0.3 is 12.1 Å². The Morgan fingerprint density at radius 2 is 1.84 bits per heavy atom. The number of rotatable bonds is 6. The molecule has 1 unspecified atom stereocenters. The van der Waals surface area contributed by atoms with E-state index in [9.17, 15) is 23.1 Å². The second-order valence-corrected chi connectivity index (χ2v) is 5.28. The molecule has 0 aromatic carbocycles. The van der Waals surface area contributed by atoms with Crippen molar-refractivity contribution in [3.63, 3.8) is 0 Å². The van der Waals surface area contributed by atoms with Gasteiger partial charge in [-0.3, -0.25) is 4.79 Å². The van der Waals surface area contributed by atoms with E-state index in [1.54, 1.807) is 0 Å². The quantitative estimate of drug-likeness (QED) is 0.695. The van der Waals surface area contributed by atoms with Crippen molar-refractivity contribution in [2.24, 2.45) is 11.3 Å². The van der Waals surface area contributed by atoms with Crippen LogP contribution >= 0.6 is 0 Å². The molecule has 0 aromatic rings. The number of alkyl halides is 3. The second kappa shape index (κ2) is 6.56. The normalized spacial score (nSPS) is 21.1. The summed E-state index contributed by atoms with van der Waals surface area (Å²) in [5, 5.41) is 20.5. The zero-order chi connectivity index (χ0) is 14.5. The zero-order valence-electron chi connectivity index (χ0n) is 10.7. The number of hydrogen-bond acceptors (Lipinski definition) is 3. The van der Waals surface area contributed by atoms with Gasteiger partial charge in [0.2, 0.25) is 0 Å². The van der Waals surface area contributed by atoms with E-state index in [2.05, 4.69) is 5.32 Å². The lowest BCUT2D eigenvalue weighted by atomic mass is 9.74. The number of aliphatic hydroxyl groups excluding tert-OH is 1. The first-order valence-electron chi connectivity index (χ1n) is 6.42. The molecular weight excluding hydrogens is 263 g/mol. The molecule has 1 aliphatic carbocycles. The van der Waals surface area contributed by atoms with Gasteiger partial charge in [-0.2, -0.15) is 13.2 Å². The number of aliphatic hydroxyl groups is 1. The van der Waals surface area contributed by atoms with Crippen LogP contribution < -0.4 is 5.32 Å². The SMILES string of the molecule is O=C(O)C(CNCC1(CO)CCCCC1)C(F)(F)F. The summed E-state index contributed by atoms with van der Waals surface area (Å²) >= 11 is 0. The lowest BCUT2D eigenvalue weighted by Crippen LogP contribution is -2.44. The molecule has 112 valence electrons. The van der Waals surface area contributed by atoms with Crippen LogP contribution in [0.1, 0.15) is 32.1 Å². The van der Waals surface area contributed by atoms with Gasteiger partial charge in [0.05, 0.1) is 0 Å². The maximum Gasteiger partial charge on any atom is 0.403 e. The summed E-state index contributed by atoms with van der Waals surface area (Å²) in [7, 11) is 0. The van der Waals surface area contributed by atoms with E-state index in [1.165, 1.54) is 0 Å². The van der Waals surface area contributed by atoms with Gasteiger partial charge in [0.25, 0.3) is 0 Å². The number of hydrogen-bond donors (Lipinski definition) is 3. The molecule has 0 saturated heterocycles. The van der Waals surface area contributed by atoms with Crippen LogP contribution in [0.4, 0.5) is 13.2 Å². The van der Waals surface area contributed by atoms with Gasteiger partial charge in [-0.1, -0.05) is 19.3 Å². The van der Waals surface area contributed by atoms with Crippen LogP contribution in [0.5, 0.6) is 0 Å². The minimum atomic E-state index is -4.75. The number of carbonyl (C=O) groups is 1. The lowest BCUT2D eigenvalue weighted by molar-refractivity contribution is -0.192. The number of carboxylic acid groups (broad SMARTS) is 1. The van der Waals surface area contributed by atoms with Crippen LogP contribution in [0.15, 0.2) is 0 Å². The molecule has 3 N–H and O–H groups in total. The maximum atomic E-state index is 12.4. The Morgan fingerprint density at radius 3 is 2.26 bits per heavy atom. The second-order valence-electron chi connectivity index (χ2n) is 5.28. The van der Waals surface area contributed by atoms with Crippen molar-refractivity contribution < 1.29 is 28.2 Å². The third-order valence-electron chi connectivity index (χ3n) is 3.79. The first-order chi connectivity index (χ1) is 8.81. The number of carboxylic acids is 1. The standard InChI is InChI=1S/C12H20F3NO3/c13-12(14,15)9(10(18)19)6-16-7-11(8-17)4-2-1-3-5-11/h9,16-17H,1-8H2,(H,18,19). The molecule has 1 atom stereocenters. The molecule has 1 rings (SSSR count). The molecule has 1 saturated carbocycles. The largest absolute Gasteiger partial charge is 0.481 e. The fourth-order valence-corrected chi connectivity index (χ4v) is 2.52. The van der Waals surface area contributed by atoms with Crippen molar-refractivity contribution >= 4 is 5.97 Å². The van der Waals surface area contributed by atoms with E-state index in [4.69, 9.17) is 5.11 Å². The zero-order valence-corrected chi connectivity index (χ0v) is 10.7. The number of nitrogens with one attached hydrogen (secondary N) is 1. The molecule has 1 fully saturated rings. The summed E-state index contributed by atoms with van der Waals surface area (Å²) in [6.07, 6.45) is -0.256. The molecular formula is C12H20F3NO3. The van der Waals surface area contributed by atoms with E-state index in [0.717, 1.165) is 32.1 Å². The topological polar surface area (TPSA) is 69.6 Å². The van der Waals surface area contributed by atoms with Gasteiger partial charge < -0.3 is 15.5 Å². The summed E-state index contributed by atoms with van der Waals surface area (Å²) in [5.74, 6) is -4.27. The van der Waals surface area contributed by atoms with Crippen LogP contribution in [0.3, 0.4) is 0 Å². The molecule has 0 amide bonds. The third-order valence-corrected chi connectivity index (χ3v) is 3.79. The molecule has 19 heavy (non-hydrogen) atoms. The van der Waals surface area contributed by atoms with Crippen molar-refractivity contribution in [2.75, 3.05) is 19.7 Å². The van der Waals surface area contributed by atoms with Gasteiger partial charge in [0.1, 0.15) is 0 Å². The van der Waals surface area contributed by atoms with Gasteiger partial charge in [-0.05, 0) is 12.8 Å². The molecule has 0 bridgehead atoms. The van der Waals surface area contributed by atoms with Crippen LogP contribution in [-0.4, -0.2) is 42.1 Å². The summed E-state index contributed by atoms with van der Waals surface area (Å²) in [6, 6.07) is 0. The van der Waals surface area contributed by atoms with Crippen LogP contribution in [0.2, 0.25) is 0 Å². The average molecular weight is 283 g/mol. The summed E-state index contributed by atoms with van der Waals surface area (Å²) in [4.78, 5) is 10.6. The highest BCUT2D eigenvalue weighted by molar-refractivity contribution is 5.71. The van der Waals surface area contributed by atoms with Gasteiger partial charge in [0, 0.05) is 25.1 Å². The molecule has 0 heterocycles. The highest BCUT2D eigenvalue weighted by Gasteiger charge is 2.45. The smallest absolute Gasteiger partial charge is 0.403 e. The maximum absolute atomic E-state index is 12.4. The fraction of sp³-hybridized carbons (Fsp3) is 0.917. The first-order valence-corrected chi connectivity index (χ1v) is 6.42. The van der Waals surface area contributed by atoms with Gasteiger partial charge in [0.15, 0.2) is 5.92 Å². The predicted molar refractivity (Wildman–Crippen MR) is 62.7 cm³/mol. The van der Waals surface area contributed by atoms with Crippen molar-refractivity contribution in [3.05, 3.63) is 0 Å². The summed E-state index contributed by atoms with van der Waals surface area (Å²) in [5.41, 5.74) is -0.396. The van der Waals surface area contributed by atoms with Crippen molar-refractivity contribution in [1.29, 1.82) is 0 Å². The Labute approximate surface area is 110 Å². The van der Waals surface area contributed by atoms with E-state index in [-0.39, 0.29) is 13.2 Å². The molecule has 0 radical (unpaired) electrons. The molecule has 0 aromatic heterocycles. The van der Waals surface area contributed by atoms with Crippen LogP contribution in [0, 0.1) is 11.3 Å². The Hall–Kier alpha value is -0.820. The number of halogens is 3. The van der Waals surface area contributed by atoms with E-state index in [0.29, 0.717) is 0 Å². The third kappa shape index (κ3) is 4.65. The van der Waals surface area contributed by atoms with Crippen molar-refractivity contribution in [1.82, 2.24) is 5.32 Å². The summed E-state index contributed by atoms with van der Waals surface area (Å²) < 4.78 is 37.3. The Morgan fingerprint density at radius 1 is 1.26 bits per heavy atom. The minimum Gasteiger partial charge on any atom is -0.481 e. The fourth-order valence-electron chi connectivity index (χ4n) is 2.52. The average Bonchev–Trinajstić information content (AvgIpc) is 2.34. The Balaban J connectivity index is 2.49.